The summed E-state index contributed by atoms with van der Waals surface area (Å²) in [5, 5.41) is 3.28. The molecular weight excluding hydrogens is 248 g/mol. The molecule has 1 aliphatic rings. The van der Waals surface area contributed by atoms with Crippen molar-refractivity contribution in [3.63, 3.8) is 0 Å². The Morgan fingerprint density at radius 2 is 2.15 bits per heavy atom. The predicted octanol–water partition coefficient (Wildman–Crippen LogP) is 3.69. The van der Waals surface area contributed by atoms with Crippen molar-refractivity contribution in [1.29, 1.82) is 0 Å². The Hall–Kier alpha value is -1.51. The van der Waals surface area contributed by atoms with E-state index in [1.165, 1.54) is 6.42 Å². The highest BCUT2D eigenvalue weighted by atomic mass is 16.2. The number of rotatable bonds is 3. The number of likely N-dealkylation sites (tertiary alicyclic amines) is 1. The summed E-state index contributed by atoms with van der Waals surface area (Å²) in [6, 6.07) is 6.36. The number of anilines is 1. The Morgan fingerprint density at radius 1 is 1.40 bits per heavy atom. The van der Waals surface area contributed by atoms with Crippen molar-refractivity contribution in [2.75, 3.05) is 18.4 Å². The van der Waals surface area contributed by atoms with E-state index in [4.69, 9.17) is 0 Å². The molecule has 20 heavy (non-hydrogen) atoms. The summed E-state index contributed by atoms with van der Waals surface area (Å²) in [4.78, 5) is 14.8. The van der Waals surface area contributed by atoms with Gasteiger partial charge in [0.15, 0.2) is 0 Å². The largest absolute Gasteiger partial charge is 0.385 e. The average Bonchev–Trinajstić information content (AvgIpc) is 2.42. The molecule has 0 bridgehead atoms. The smallest absolute Gasteiger partial charge is 0.254 e. The summed E-state index contributed by atoms with van der Waals surface area (Å²) in [6.45, 7) is 10.3. The van der Waals surface area contributed by atoms with E-state index in [9.17, 15) is 4.79 Å². The third-order valence-electron chi connectivity index (χ3n) is 4.47. The zero-order valence-corrected chi connectivity index (χ0v) is 13.1. The Balaban J connectivity index is 2.20. The molecule has 1 heterocycles. The highest BCUT2D eigenvalue weighted by Gasteiger charge is 2.29. The van der Waals surface area contributed by atoms with Crippen molar-refractivity contribution >= 4 is 11.6 Å². The van der Waals surface area contributed by atoms with Crippen LogP contribution in [0.1, 0.15) is 49.5 Å². The summed E-state index contributed by atoms with van der Waals surface area (Å²) >= 11 is 0. The number of amides is 1. The van der Waals surface area contributed by atoms with Crippen molar-refractivity contribution in [1.82, 2.24) is 4.90 Å². The Bertz CT molecular complexity index is 484. The number of carbonyl (C=O) groups is 1. The fourth-order valence-electron chi connectivity index (χ4n) is 2.99. The van der Waals surface area contributed by atoms with Crippen LogP contribution in [0, 0.1) is 12.8 Å². The lowest BCUT2D eigenvalue weighted by molar-refractivity contribution is 0.0550. The fraction of sp³-hybridized carbons (Fsp3) is 0.588. The molecule has 1 aromatic carbocycles. The molecule has 110 valence electrons. The number of hydrogen-bond acceptors (Lipinski definition) is 2. The maximum Gasteiger partial charge on any atom is 0.254 e. The molecule has 3 nitrogen and oxygen atoms in total. The van der Waals surface area contributed by atoms with Gasteiger partial charge < -0.3 is 10.2 Å². The quantitative estimate of drug-likeness (QED) is 0.911. The molecule has 2 unspecified atom stereocenters. The second-order valence-corrected chi connectivity index (χ2v) is 5.92. The lowest BCUT2D eigenvalue weighted by Gasteiger charge is -2.38. The third kappa shape index (κ3) is 2.97. The molecule has 1 N–H and O–H groups in total. The summed E-state index contributed by atoms with van der Waals surface area (Å²) in [5.74, 6) is 0.777. The molecule has 2 atom stereocenters. The molecule has 2 rings (SSSR count). The van der Waals surface area contributed by atoms with Gasteiger partial charge in [-0.25, -0.2) is 0 Å². The van der Waals surface area contributed by atoms with E-state index in [2.05, 4.69) is 32.2 Å². The minimum atomic E-state index is 0.185. The molecule has 0 aromatic heterocycles. The van der Waals surface area contributed by atoms with Crippen molar-refractivity contribution in [2.45, 2.75) is 46.6 Å². The molecule has 1 amide bonds. The van der Waals surface area contributed by atoms with Gasteiger partial charge in [0.05, 0.1) is 0 Å². The number of carbonyl (C=O) groups excluding carboxylic acids is 1. The molecule has 0 spiro atoms. The second-order valence-electron chi connectivity index (χ2n) is 5.92. The van der Waals surface area contributed by atoms with Gasteiger partial charge in [-0.2, -0.15) is 0 Å². The first kappa shape index (κ1) is 14.9. The molecule has 1 aliphatic heterocycles. The van der Waals surface area contributed by atoms with Crippen LogP contribution in [0.4, 0.5) is 5.69 Å². The minimum absolute atomic E-state index is 0.185. The van der Waals surface area contributed by atoms with Crippen molar-refractivity contribution in [3.05, 3.63) is 29.3 Å². The zero-order valence-electron chi connectivity index (χ0n) is 13.1. The van der Waals surface area contributed by atoms with Crippen LogP contribution in [-0.2, 0) is 0 Å². The number of aryl methyl sites for hydroxylation is 1. The van der Waals surface area contributed by atoms with Crippen LogP contribution < -0.4 is 5.32 Å². The van der Waals surface area contributed by atoms with Crippen LogP contribution in [0.3, 0.4) is 0 Å². The Labute approximate surface area is 122 Å². The van der Waals surface area contributed by atoms with Crippen LogP contribution in [-0.4, -0.2) is 29.9 Å². The Kier molecular flexibility index (Phi) is 4.69. The van der Waals surface area contributed by atoms with Crippen LogP contribution in [0.5, 0.6) is 0 Å². The molecule has 0 saturated carbocycles. The fourth-order valence-corrected chi connectivity index (χ4v) is 2.99. The summed E-state index contributed by atoms with van der Waals surface area (Å²) in [7, 11) is 0. The van der Waals surface area contributed by atoms with Crippen LogP contribution in [0.2, 0.25) is 0 Å². The van der Waals surface area contributed by atoms with Crippen molar-refractivity contribution < 1.29 is 4.79 Å². The summed E-state index contributed by atoms with van der Waals surface area (Å²) in [5.41, 5.74) is 2.98. The van der Waals surface area contributed by atoms with E-state index < -0.39 is 0 Å². The van der Waals surface area contributed by atoms with E-state index in [1.54, 1.807) is 0 Å². The van der Waals surface area contributed by atoms with Crippen molar-refractivity contribution in [3.8, 4) is 0 Å². The molecule has 1 aromatic rings. The number of nitrogens with one attached hydrogen (secondary N) is 1. The monoisotopic (exact) mass is 274 g/mol. The predicted molar refractivity (Wildman–Crippen MR) is 84.2 cm³/mol. The van der Waals surface area contributed by atoms with Gasteiger partial charge in [-0.15, -0.1) is 0 Å². The molecule has 1 saturated heterocycles. The van der Waals surface area contributed by atoms with Gasteiger partial charge in [-0.3, -0.25) is 4.79 Å². The van der Waals surface area contributed by atoms with Gasteiger partial charge >= 0.3 is 0 Å². The summed E-state index contributed by atoms with van der Waals surface area (Å²) in [6.07, 6.45) is 2.34. The van der Waals surface area contributed by atoms with Crippen LogP contribution in [0.15, 0.2) is 18.2 Å². The van der Waals surface area contributed by atoms with Gasteiger partial charge in [0, 0.05) is 30.4 Å². The van der Waals surface area contributed by atoms with Crippen molar-refractivity contribution in [2.24, 2.45) is 5.92 Å². The molecule has 0 aliphatic carbocycles. The zero-order chi connectivity index (χ0) is 14.7. The van der Waals surface area contributed by atoms with E-state index in [-0.39, 0.29) is 5.91 Å². The maximum atomic E-state index is 12.8. The maximum absolute atomic E-state index is 12.8. The standard InChI is InChI=1S/C17H26N2O/c1-5-18-15-8-9-16(13(3)11-15)17(20)19-10-6-7-12(2)14(19)4/h8-9,11-12,14,18H,5-7,10H2,1-4H3. The van der Waals surface area contributed by atoms with E-state index >= 15 is 0 Å². The number of hydrogen-bond donors (Lipinski definition) is 1. The number of piperidine rings is 1. The van der Waals surface area contributed by atoms with E-state index in [1.807, 2.05) is 24.0 Å². The second kappa shape index (κ2) is 6.29. The molecular formula is C17H26N2O. The number of benzene rings is 1. The number of nitrogens with zero attached hydrogens (tertiary/aromatic N) is 1. The topological polar surface area (TPSA) is 32.3 Å². The van der Waals surface area contributed by atoms with Gasteiger partial charge in [0.2, 0.25) is 0 Å². The normalized spacial score (nSPS) is 22.7. The van der Waals surface area contributed by atoms with Crippen LogP contribution in [0.25, 0.3) is 0 Å². The highest BCUT2D eigenvalue weighted by molar-refractivity contribution is 5.96. The first-order chi connectivity index (χ1) is 9.54. The summed E-state index contributed by atoms with van der Waals surface area (Å²) < 4.78 is 0. The first-order valence-electron chi connectivity index (χ1n) is 7.70. The van der Waals surface area contributed by atoms with E-state index in [0.29, 0.717) is 12.0 Å². The van der Waals surface area contributed by atoms with Crippen LogP contribution >= 0.6 is 0 Å². The highest BCUT2D eigenvalue weighted by Crippen LogP contribution is 2.26. The Morgan fingerprint density at radius 3 is 2.80 bits per heavy atom. The lowest BCUT2D eigenvalue weighted by atomic mass is 9.91. The minimum Gasteiger partial charge on any atom is -0.385 e. The lowest BCUT2D eigenvalue weighted by Crippen LogP contribution is -2.46. The molecule has 0 radical (unpaired) electrons. The van der Waals surface area contributed by atoms with Gasteiger partial charge in [0.25, 0.3) is 5.91 Å². The SMILES string of the molecule is CCNc1ccc(C(=O)N2CCCC(C)C2C)c(C)c1. The van der Waals surface area contributed by atoms with Gasteiger partial charge in [-0.05, 0) is 63.3 Å². The first-order valence-corrected chi connectivity index (χ1v) is 7.70. The van der Waals surface area contributed by atoms with Gasteiger partial charge in [-0.1, -0.05) is 6.92 Å². The van der Waals surface area contributed by atoms with E-state index in [0.717, 1.165) is 36.3 Å². The van der Waals surface area contributed by atoms with Gasteiger partial charge in [0.1, 0.15) is 0 Å². The third-order valence-corrected chi connectivity index (χ3v) is 4.47. The average molecular weight is 274 g/mol. The molecule has 1 fully saturated rings. The molecule has 3 heteroatoms.